The SMILES string of the molecule is COc1cc2ccc1CNC(=O)[C@H](C)NC(=O)[C@H](CCc1ccccc1)NC(=O)CN(C(=O)Cc1cccc(O)c1)CCCCNC(=O)c1ccc(OC)c(c1)O2. The lowest BCUT2D eigenvalue weighted by atomic mass is 10.0. The van der Waals surface area contributed by atoms with Crippen molar-refractivity contribution in [3.8, 4) is 28.7 Å². The molecule has 0 spiro atoms. The number of carbonyl (C=O) groups is 5. The number of hydrogen-bond donors (Lipinski definition) is 5. The minimum absolute atomic E-state index is 0.0108. The molecule has 5 amide bonds. The Morgan fingerprint density at radius 2 is 1.60 bits per heavy atom. The quantitative estimate of drug-likeness (QED) is 0.173. The molecule has 6 rings (SSSR count). The van der Waals surface area contributed by atoms with Crippen molar-refractivity contribution in [1.29, 1.82) is 0 Å². The first-order valence-electron chi connectivity index (χ1n) is 18.8. The second kappa shape index (κ2) is 20.4. The van der Waals surface area contributed by atoms with Gasteiger partial charge in [0.2, 0.25) is 23.6 Å². The highest BCUT2D eigenvalue weighted by Crippen LogP contribution is 2.35. The number of rotatable bonds is 7. The first-order chi connectivity index (χ1) is 27.5. The van der Waals surface area contributed by atoms with Crippen LogP contribution in [0, 0.1) is 0 Å². The van der Waals surface area contributed by atoms with Gasteiger partial charge in [-0.05, 0) is 86.2 Å². The highest BCUT2D eigenvalue weighted by atomic mass is 16.5. The van der Waals surface area contributed by atoms with Crippen LogP contribution in [-0.2, 0) is 38.6 Å². The number of aromatic hydroxyl groups is 1. The van der Waals surface area contributed by atoms with Gasteiger partial charge in [0.05, 0.1) is 27.2 Å². The summed E-state index contributed by atoms with van der Waals surface area (Å²) in [5.41, 5.74) is 2.50. The van der Waals surface area contributed by atoms with Gasteiger partial charge >= 0.3 is 0 Å². The number of carbonyl (C=O) groups excluding carboxylic acids is 5. The van der Waals surface area contributed by atoms with E-state index >= 15 is 0 Å². The Morgan fingerprint density at radius 3 is 2.35 bits per heavy atom. The number of benzene rings is 4. The molecule has 300 valence electrons. The Kier molecular flexibility index (Phi) is 14.9. The van der Waals surface area contributed by atoms with Crippen LogP contribution in [0.5, 0.6) is 28.7 Å². The van der Waals surface area contributed by atoms with Gasteiger partial charge in [-0.2, -0.15) is 0 Å². The van der Waals surface area contributed by atoms with Gasteiger partial charge in [-0.3, -0.25) is 24.0 Å². The zero-order valence-corrected chi connectivity index (χ0v) is 32.3. The fourth-order valence-electron chi connectivity index (χ4n) is 6.29. The van der Waals surface area contributed by atoms with Crippen molar-refractivity contribution in [2.45, 2.75) is 57.7 Å². The molecule has 2 atom stereocenters. The van der Waals surface area contributed by atoms with E-state index in [0.29, 0.717) is 59.0 Å². The summed E-state index contributed by atoms with van der Waals surface area (Å²) in [6.07, 6.45) is 1.55. The lowest BCUT2D eigenvalue weighted by Gasteiger charge is -2.25. The standard InChI is InChI=1S/C43H49N5O9/c1-28-41(52)45-26-32-15-17-34(25-37(32)56-3)57-38-24-31(16-19-36(38)55-2)42(53)44-20-7-8-21-48(40(51)23-30-12-9-13-33(49)22-30)27-39(50)47-35(43(54)46-28)18-14-29-10-5-4-6-11-29/h4-6,9-13,15-17,19,22,24-25,28,35,49H,7-8,14,18,20-21,23,26-27H2,1-3H3,(H,44,53)(H,45,52)(H,46,54)(H,47,50)/t28-,35-/m0/s1. The van der Waals surface area contributed by atoms with Crippen molar-refractivity contribution in [3.63, 3.8) is 0 Å². The Hall–Kier alpha value is -6.57. The Bertz CT molecular complexity index is 2040. The number of nitrogens with zero attached hydrogens (tertiary/aromatic N) is 1. The van der Waals surface area contributed by atoms with Crippen molar-refractivity contribution >= 4 is 29.5 Å². The summed E-state index contributed by atoms with van der Waals surface area (Å²) >= 11 is 0. The molecule has 0 saturated carbocycles. The van der Waals surface area contributed by atoms with E-state index in [4.69, 9.17) is 14.2 Å². The zero-order valence-electron chi connectivity index (χ0n) is 32.3. The highest BCUT2D eigenvalue weighted by molar-refractivity contribution is 5.95. The van der Waals surface area contributed by atoms with E-state index in [9.17, 15) is 29.1 Å². The van der Waals surface area contributed by atoms with Crippen LogP contribution < -0.4 is 35.5 Å². The number of nitrogens with one attached hydrogen (secondary N) is 4. The van der Waals surface area contributed by atoms with Gasteiger partial charge in [0, 0.05) is 36.8 Å². The zero-order chi connectivity index (χ0) is 40.7. The number of amides is 5. The smallest absolute Gasteiger partial charge is 0.251 e. The van der Waals surface area contributed by atoms with E-state index in [2.05, 4.69) is 21.3 Å². The summed E-state index contributed by atoms with van der Waals surface area (Å²) in [7, 11) is 2.98. The van der Waals surface area contributed by atoms with Crippen LogP contribution in [0.3, 0.4) is 0 Å². The first-order valence-corrected chi connectivity index (χ1v) is 18.8. The van der Waals surface area contributed by atoms with Crippen LogP contribution in [0.1, 0.15) is 53.2 Å². The molecule has 5 N–H and O–H groups in total. The lowest BCUT2D eigenvalue weighted by Crippen LogP contribution is -2.54. The lowest BCUT2D eigenvalue weighted by molar-refractivity contribution is -0.137. The molecular formula is C43H49N5O9. The topological polar surface area (TPSA) is 185 Å². The summed E-state index contributed by atoms with van der Waals surface area (Å²) < 4.78 is 17.2. The van der Waals surface area contributed by atoms with Gasteiger partial charge in [0.15, 0.2) is 11.5 Å². The average molecular weight is 780 g/mol. The molecule has 2 heterocycles. The third-order valence-corrected chi connectivity index (χ3v) is 9.43. The van der Waals surface area contributed by atoms with Gasteiger partial charge in [-0.25, -0.2) is 0 Å². The van der Waals surface area contributed by atoms with Crippen LogP contribution in [-0.4, -0.2) is 85.5 Å². The van der Waals surface area contributed by atoms with Crippen molar-refractivity contribution in [2.75, 3.05) is 33.9 Å². The van der Waals surface area contributed by atoms with E-state index in [1.54, 1.807) is 55.5 Å². The maximum absolute atomic E-state index is 13.7. The second-order valence-corrected chi connectivity index (χ2v) is 13.7. The number of hydrogen-bond acceptors (Lipinski definition) is 9. The summed E-state index contributed by atoms with van der Waals surface area (Å²) in [6, 6.07) is 23.7. The number of methoxy groups -OCH3 is 2. The monoisotopic (exact) mass is 779 g/mol. The maximum Gasteiger partial charge on any atom is 0.251 e. The molecule has 0 unspecified atom stereocenters. The molecule has 57 heavy (non-hydrogen) atoms. The third-order valence-electron chi connectivity index (χ3n) is 9.43. The Labute approximate surface area is 331 Å². The van der Waals surface area contributed by atoms with Crippen LogP contribution >= 0.6 is 0 Å². The molecule has 2 aliphatic rings. The minimum Gasteiger partial charge on any atom is -0.508 e. The molecule has 0 aliphatic carbocycles. The van der Waals surface area contributed by atoms with E-state index in [-0.39, 0.29) is 56.6 Å². The number of aryl methyl sites for hydroxylation is 1. The molecule has 4 bridgehead atoms. The van der Waals surface area contributed by atoms with Crippen molar-refractivity contribution < 1.29 is 43.3 Å². The van der Waals surface area contributed by atoms with Crippen molar-refractivity contribution in [3.05, 3.63) is 113 Å². The predicted octanol–water partition coefficient (Wildman–Crippen LogP) is 4.04. The van der Waals surface area contributed by atoms with Crippen LogP contribution in [0.25, 0.3) is 0 Å². The van der Waals surface area contributed by atoms with Crippen LogP contribution in [0.15, 0.2) is 91.0 Å². The second-order valence-electron chi connectivity index (χ2n) is 13.7. The van der Waals surface area contributed by atoms with Gasteiger partial charge in [0.1, 0.15) is 29.3 Å². The molecule has 0 aromatic heterocycles. The summed E-state index contributed by atoms with van der Waals surface area (Å²) in [6.45, 7) is 1.74. The first kappa shape index (κ1) is 41.6. The molecule has 14 heteroatoms. The van der Waals surface area contributed by atoms with E-state index in [1.807, 2.05) is 30.3 Å². The molecule has 4 aromatic carbocycles. The highest BCUT2D eigenvalue weighted by Gasteiger charge is 2.27. The molecule has 4 aromatic rings. The maximum atomic E-state index is 13.7. The molecule has 0 radical (unpaired) electrons. The summed E-state index contributed by atoms with van der Waals surface area (Å²) in [5.74, 6) is -0.746. The number of phenols is 1. The minimum atomic E-state index is -1.02. The molecule has 14 nitrogen and oxygen atoms in total. The summed E-state index contributed by atoms with van der Waals surface area (Å²) in [5, 5.41) is 21.2. The van der Waals surface area contributed by atoms with Crippen molar-refractivity contribution in [1.82, 2.24) is 26.2 Å². The molecular weight excluding hydrogens is 730 g/mol. The van der Waals surface area contributed by atoms with E-state index in [0.717, 1.165) is 5.56 Å². The molecule has 0 fully saturated rings. The number of ether oxygens (including phenoxy) is 3. The summed E-state index contributed by atoms with van der Waals surface area (Å²) in [4.78, 5) is 68.8. The van der Waals surface area contributed by atoms with Gasteiger partial charge < -0.3 is 45.5 Å². The van der Waals surface area contributed by atoms with E-state index in [1.165, 1.54) is 31.3 Å². The fraction of sp³-hybridized carbons (Fsp3) is 0.326. The molecule has 2 aliphatic heterocycles. The van der Waals surface area contributed by atoms with Crippen LogP contribution in [0.4, 0.5) is 0 Å². The Morgan fingerprint density at radius 1 is 0.825 bits per heavy atom. The van der Waals surface area contributed by atoms with Gasteiger partial charge in [-0.1, -0.05) is 42.5 Å². The molecule has 0 saturated heterocycles. The third kappa shape index (κ3) is 12.2. The van der Waals surface area contributed by atoms with Crippen molar-refractivity contribution in [2.24, 2.45) is 0 Å². The van der Waals surface area contributed by atoms with Gasteiger partial charge in [-0.15, -0.1) is 0 Å². The fourth-order valence-corrected chi connectivity index (χ4v) is 6.29. The normalized spacial score (nSPS) is 17.4. The van der Waals surface area contributed by atoms with Crippen LogP contribution in [0.2, 0.25) is 0 Å². The average Bonchev–Trinajstić information content (AvgIpc) is 3.20. The van der Waals surface area contributed by atoms with Gasteiger partial charge in [0.25, 0.3) is 5.91 Å². The number of phenolic OH excluding ortho intramolecular Hbond substituents is 1. The largest absolute Gasteiger partial charge is 0.508 e. The van der Waals surface area contributed by atoms with E-state index < -0.39 is 29.8 Å². The number of fused-ring (bicyclic) bond motifs is 18. The predicted molar refractivity (Wildman–Crippen MR) is 212 cm³/mol. The Balaban J connectivity index is 1.40.